The molecule has 0 spiro atoms. The number of hydrogen-bond donors (Lipinski definition) is 0. The summed E-state index contributed by atoms with van der Waals surface area (Å²) in [5.74, 6) is 1.01. The SMILES string of the molecule is CC(C)C1CC(=O)OC(CC(C)C2CCCC(=O)O2)C1. The zero-order valence-corrected chi connectivity index (χ0v) is 12.8. The molecule has 0 aromatic rings. The van der Waals surface area contributed by atoms with Gasteiger partial charge in [0.05, 0.1) is 0 Å². The van der Waals surface area contributed by atoms with Gasteiger partial charge in [-0.1, -0.05) is 20.8 Å². The monoisotopic (exact) mass is 282 g/mol. The second-order valence-corrected chi connectivity index (χ2v) is 6.69. The smallest absolute Gasteiger partial charge is 0.306 e. The number of esters is 2. The minimum Gasteiger partial charge on any atom is -0.462 e. The van der Waals surface area contributed by atoms with Crippen LogP contribution in [-0.2, 0) is 19.1 Å². The molecule has 0 aliphatic carbocycles. The third-order valence-corrected chi connectivity index (χ3v) is 4.66. The van der Waals surface area contributed by atoms with Crippen molar-refractivity contribution in [1.29, 1.82) is 0 Å². The topological polar surface area (TPSA) is 52.6 Å². The number of carbonyl (C=O) groups is 2. The van der Waals surface area contributed by atoms with Gasteiger partial charge >= 0.3 is 11.9 Å². The number of ether oxygens (including phenoxy) is 2. The van der Waals surface area contributed by atoms with Crippen LogP contribution in [0.2, 0.25) is 0 Å². The first kappa shape index (κ1) is 15.3. The van der Waals surface area contributed by atoms with E-state index in [1.54, 1.807) is 0 Å². The van der Waals surface area contributed by atoms with Gasteiger partial charge < -0.3 is 9.47 Å². The lowest BCUT2D eigenvalue weighted by Gasteiger charge is -2.34. The molecular weight excluding hydrogens is 256 g/mol. The molecule has 4 heteroatoms. The van der Waals surface area contributed by atoms with Gasteiger partial charge in [-0.25, -0.2) is 0 Å². The Morgan fingerprint density at radius 1 is 1.15 bits per heavy atom. The van der Waals surface area contributed by atoms with Gasteiger partial charge in [0.15, 0.2) is 0 Å². The first-order valence-corrected chi connectivity index (χ1v) is 7.84. The number of hydrogen-bond acceptors (Lipinski definition) is 4. The van der Waals surface area contributed by atoms with E-state index < -0.39 is 0 Å². The fourth-order valence-corrected chi connectivity index (χ4v) is 3.27. The molecule has 2 aliphatic heterocycles. The first-order valence-electron chi connectivity index (χ1n) is 7.84. The Labute approximate surface area is 121 Å². The summed E-state index contributed by atoms with van der Waals surface area (Å²) in [5, 5.41) is 0. The average Bonchev–Trinajstić information content (AvgIpc) is 2.37. The van der Waals surface area contributed by atoms with E-state index in [4.69, 9.17) is 9.47 Å². The molecule has 4 atom stereocenters. The van der Waals surface area contributed by atoms with Crippen molar-refractivity contribution in [3.63, 3.8) is 0 Å². The van der Waals surface area contributed by atoms with E-state index in [2.05, 4.69) is 20.8 Å². The van der Waals surface area contributed by atoms with Gasteiger partial charge in [-0.05, 0) is 43.4 Å². The lowest BCUT2D eigenvalue weighted by Crippen LogP contribution is -2.36. The summed E-state index contributed by atoms with van der Waals surface area (Å²) in [6.07, 6.45) is 4.64. The second kappa shape index (κ2) is 6.59. The number of carbonyl (C=O) groups excluding carboxylic acids is 2. The van der Waals surface area contributed by atoms with Crippen LogP contribution in [0.25, 0.3) is 0 Å². The lowest BCUT2D eigenvalue weighted by atomic mass is 9.82. The predicted molar refractivity (Wildman–Crippen MR) is 75.0 cm³/mol. The second-order valence-electron chi connectivity index (χ2n) is 6.69. The highest BCUT2D eigenvalue weighted by atomic mass is 16.6. The Kier molecular flexibility index (Phi) is 5.06. The average molecular weight is 282 g/mol. The maximum Gasteiger partial charge on any atom is 0.306 e. The third-order valence-electron chi connectivity index (χ3n) is 4.66. The van der Waals surface area contributed by atoms with Crippen molar-refractivity contribution in [1.82, 2.24) is 0 Å². The van der Waals surface area contributed by atoms with Crippen LogP contribution in [0.15, 0.2) is 0 Å². The summed E-state index contributed by atoms with van der Waals surface area (Å²) in [4.78, 5) is 23.0. The molecular formula is C16H26O4. The molecule has 2 rings (SSSR count). The van der Waals surface area contributed by atoms with Gasteiger partial charge in [-0.15, -0.1) is 0 Å². The molecule has 0 radical (unpaired) electrons. The Hall–Kier alpha value is -1.06. The minimum atomic E-state index is -0.0891. The summed E-state index contributed by atoms with van der Waals surface area (Å²) in [5.41, 5.74) is 0. The first-order chi connectivity index (χ1) is 9.45. The van der Waals surface area contributed by atoms with E-state index in [9.17, 15) is 9.59 Å². The molecule has 114 valence electrons. The molecule has 0 aromatic carbocycles. The van der Waals surface area contributed by atoms with Crippen LogP contribution < -0.4 is 0 Å². The van der Waals surface area contributed by atoms with E-state index in [0.717, 1.165) is 25.7 Å². The molecule has 2 fully saturated rings. The maximum atomic E-state index is 11.7. The van der Waals surface area contributed by atoms with Crippen LogP contribution >= 0.6 is 0 Å². The summed E-state index contributed by atoms with van der Waals surface area (Å²) in [7, 11) is 0. The van der Waals surface area contributed by atoms with Crippen molar-refractivity contribution in [3.05, 3.63) is 0 Å². The van der Waals surface area contributed by atoms with Gasteiger partial charge in [0.25, 0.3) is 0 Å². The summed E-state index contributed by atoms with van der Waals surface area (Å²) in [6.45, 7) is 6.41. The molecule has 0 bridgehead atoms. The Balaban J connectivity index is 1.88. The highest BCUT2D eigenvalue weighted by Gasteiger charge is 2.34. The van der Waals surface area contributed by atoms with Crippen molar-refractivity contribution in [2.45, 2.75) is 71.5 Å². The van der Waals surface area contributed by atoms with Gasteiger partial charge in [-0.3, -0.25) is 9.59 Å². The summed E-state index contributed by atoms with van der Waals surface area (Å²) >= 11 is 0. The predicted octanol–water partition coefficient (Wildman–Crippen LogP) is 3.09. The molecule has 4 unspecified atom stereocenters. The Bertz CT molecular complexity index is 363. The van der Waals surface area contributed by atoms with Crippen LogP contribution in [0.4, 0.5) is 0 Å². The molecule has 0 aromatic heterocycles. The summed E-state index contributed by atoms with van der Waals surface area (Å²) in [6, 6.07) is 0. The van der Waals surface area contributed by atoms with Gasteiger partial charge in [0.2, 0.25) is 0 Å². The summed E-state index contributed by atoms with van der Waals surface area (Å²) < 4.78 is 10.9. The van der Waals surface area contributed by atoms with Gasteiger partial charge in [-0.2, -0.15) is 0 Å². The van der Waals surface area contributed by atoms with Gasteiger partial charge in [0, 0.05) is 12.8 Å². The quantitative estimate of drug-likeness (QED) is 0.744. The third kappa shape index (κ3) is 3.97. The normalized spacial score (nSPS) is 32.7. The molecule has 0 N–H and O–H groups in total. The molecule has 0 saturated carbocycles. The molecule has 0 amide bonds. The minimum absolute atomic E-state index is 0.00521. The van der Waals surface area contributed by atoms with E-state index in [0.29, 0.717) is 24.7 Å². The molecule has 2 heterocycles. The zero-order chi connectivity index (χ0) is 14.7. The zero-order valence-electron chi connectivity index (χ0n) is 12.8. The Morgan fingerprint density at radius 3 is 2.55 bits per heavy atom. The van der Waals surface area contributed by atoms with Crippen molar-refractivity contribution < 1.29 is 19.1 Å². The van der Waals surface area contributed by atoms with E-state index in [-0.39, 0.29) is 30.1 Å². The van der Waals surface area contributed by atoms with E-state index in [1.165, 1.54) is 0 Å². The van der Waals surface area contributed by atoms with E-state index >= 15 is 0 Å². The van der Waals surface area contributed by atoms with Crippen LogP contribution in [0, 0.1) is 17.8 Å². The highest BCUT2D eigenvalue weighted by molar-refractivity contribution is 5.71. The van der Waals surface area contributed by atoms with Crippen molar-refractivity contribution in [2.24, 2.45) is 17.8 Å². The van der Waals surface area contributed by atoms with Crippen LogP contribution in [0.1, 0.15) is 59.3 Å². The van der Waals surface area contributed by atoms with E-state index in [1.807, 2.05) is 0 Å². The van der Waals surface area contributed by atoms with Crippen LogP contribution in [0.3, 0.4) is 0 Å². The highest BCUT2D eigenvalue weighted by Crippen LogP contribution is 2.32. The van der Waals surface area contributed by atoms with Crippen molar-refractivity contribution in [2.75, 3.05) is 0 Å². The van der Waals surface area contributed by atoms with Crippen LogP contribution in [0.5, 0.6) is 0 Å². The standard InChI is InChI=1S/C16H26O4/c1-10(2)12-8-13(19-16(18)9-12)7-11(3)14-5-4-6-15(17)20-14/h10-14H,4-9H2,1-3H3. The molecule has 20 heavy (non-hydrogen) atoms. The van der Waals surface area contributed by atoms with Gasteiger partial charge in [0.1, 0.15) is 12.2 Å². The Morgan fingerprint density at radius 2 is 1.90 bits per heavy atom. The maximum absolute atomic E-state index is 11.7. The number of rotatable bonds is 4. The largest absolute Gasteiger partial charge is 0.462 e. The van der Waals surface area contributed by atoms with Crippen molar-refractivity contribution in [3.8, 4) is 0 Å². The van der Waals surface area contributed by atoms with Crippen molar-refractivity contribution >= 4 is 11.9 Å². The molecule has 2 aliphatic rings. The fraction of sp³-hybridized carbons (Fsp3) is 0.875. The molecule has 2 saturated heterocycles. The lowest BCUT2D eigenvalue weighted by molar-refractivity contribution is -0.164. The van der Waals surface area contributed by atoms with Crippen LogP contribution in [-0.4, -0.2) is 24.1 Å². The fourth-order valence-electron chi connectivity index (χ4n) is 3.27. The number of cyclic esters (lactones) is 2. The molecule has 4 nitrogen and oxygen atoms in total.